The van der Waals surface area contributed by atoms with Gasteiger partial charge in [-0.15, -0.1) is 0 Å². The van der Waals surface area contributed by atoms with E-state index in [4.69, 9.17) is 17.0 Å². The van der Waals surface area contributed by atoms with Crippen molar-refractivity contribution in [2.75, 3.05) is 11.9 Å². The topological polar surface area (TPSA) is 62.7 Å². The number of nitrogens with one attached hydrogen (secondary N) is 2. The predicted octanol–water partition coefficient (Wildman–Crippen LogP) is 2.94. The molecule has 0 aliphatic carbocycles. The maximum absolute atomic E-state index is 11.8. The second-order valence-corrected chi connectivity index (χ2v) is 4.81. The minimum absolute atomic E-state index is 0.259. The number of hydrogen-bond donors (Lipinski definition) is 2. The number of nitrogens with zero attached hydrogens (tertiary/aromatic N) is 1. The third-order valence-corrected chi connectivity index (χ3v) is 3.04. The Hall–Kier alpha value is -1.95. The number of thiocarbonyl (C=S) groups is 1. The molecular formula is C15H21N3O2S. The van der Waals surface area contributed by atoms with Gasteiger partial charge in [-0.3, -0.25) is 10.2 Å². The fourth-order valence-corrected chi connectivity index (χ4v) is 1.94. The Balaban J connectivity index is 2.57. The van der Waals surface area contributed by atoms with Crippen LogP contribution in [0.2, 0.25) is 0 Å². The van der Waals surface area contributed by atoms with Crippen LogP contribution in [0.4, 0.5) is 5.69 Å². The van der Waals surface area contributed by atoms with Gasteiger partial charge in [-0.05, 0) is 44.6 Å². The second kappa shape index (κ2) is 9.07. The minimum Gasteiger partial charge on any atom is -0.465 e. The lowest BCUT2D eigenvalue weighted by Crippen LogP contribution is -2.29. The highest BCUT2D eigenvalue weighted by atomic mass is 32.1. The molecule has 1 aromatic carbocycles. The summed E-state index contributed by atoms with van der Waals surface area (Å²) in [6.45, 7) is 5.85. The van der Waals surface area contributed by atoms with Crippen LogP contribution in [-0.4, -0.2) is 23.4 Å². The molecule has 0 heterocycles. The van der Waals surface area contributed by atoms with E-state index >= 15 is 0 Å². The number of rotatable bonds is 6. The number of esters is 1. The first-order valence-corrected chi connectivity index (χ1v) is 7.32. The van der Waals surface area contributed by atoms with Gasteiger partial charge in [-0.25, -0.2) is 0 Å². The van der Waals surface area contributed by atoms with E-state index < -0.39 is 0 Å². The van der Waals surface area contributed by atoms with Gasteiger partial charge in [0.1, 0.15) is 0 Å². The number of benzene rings is 1. The fourth-order valence-electron chi connectivity index (χ4n) is 1.77. The van der Waals surface area contributed by atoms with Crippen LogP contribution in [0.3, 0.4) is 0 Å². The summed E-state index contributed by atoms with van der Waals surface area (Å²) >= 11 is 5.15. The van der Waals surface area contributed by atoms with E-state index in [2.05, 4.69) is 15.8 Å². The van der Waals surface area contributed by atoms with Gasteiger partial charge in [0.05, 0.1) is 12.5 Å². The van der Waals surface area contributed by atoms with Gasteiger partial charge in [0.15, 0.2) is 5.11 Å². The molecule has 0 aromatic heterocycles. The van der Waals surface area contributed by atoms with E-state index in [9.17, 15) is 4.79 Å². The average Bonchev–Trinajstić information content (AvgIpc) is 2.47. The van der Waals surface area contributed by atoms with Crippen molar-refractivity contribution in [1.82, 2.24) is 5.43 Å². The Morgan fingerprint density at radius 1 is 1.33 bits per heavy atom. The molecule has 1 unspecified atom stereocenters. The Labute approximate surface area is 130 Å². The quantitative estimate of drug-likeness (QED) is 0.366. The molecule has 0 amide bonds. The van der Waals surface area contributed by atoms with E-state index in [0.29, 0.717) is 23.9 Å². The van der Waals surface area contributed by atoms with E-state index in [1.54, 1.807) is 13.8 Å². The Kier molecular flexibility index (Phi) is 7.39. The highest BCUT2D eigenvalue weighted by Crippen LogP contribution is 2.08. The molecule has 0 fully saturated rings. The summed E-state index contributed by atoms with van der Waals surface area (Å²) in [5.41, 5.74) is 4.26. The molecule has 0 aliphatic rings. The van der Waals surface area contributed by atoms with Crippen LogP contribution in [0.15, 0.2) is 35.4 Å². The lowest BCUT2D eigenvalue weighted by atomic mass is 10.0. The molecule has 0 saturated heterocycles. The standard InChI is InChI=1S/C15H21N3O2S/c1-4-13(14(19)20-5-2)11(3)17-18-15(21)16-12-9-7-6-8-10-12/h6-10,13H,4-5H2,1-3H3,(H2,16,18,21). The zero-order chi connectivity index (χ0) is 15.7. The van der Waals surface area contributed by atoms with Crippen LogP contribution < -0.4 is 10.7 Å². The predicted molar refractivity (Wildman–Crippen MR) is 89.3 cm³/mol. The highest BCUT2D eigenvalue weighted by molar-refractivity contribution is 7.80. The van der Waals surface area contributed by atoms with Crippen molar-refractivity contribution in [2.24, 2.45) is 11.0 Å². The smallest absolute Gasteiger partial charge is 0.314 e. The van der Waals surface area contributed by atoms with Gasteiger partial charge in [0.25, 0.3) is 0 Å². The van der Waals surface area contributed by atoms with Gasteiger partial charge >= 0.3 is 5.97 Å². The van der Waals surface area contributed by atoms with Crippen molar-refractivity contribution >= 4 is 34.7 Å². The van der Waals surface area contributed by atoms with Crippen LogP contribution in [0.5, 0.6) is 0 Å². The Bertz CT molecular complexity index is 503. The van der Waals surface area contributed by atoms with Crippen LogP contribution in [0, 0.1) is 5.92 Å². The van der Waals surface area contributed by atoms with Crippen molar-refractivity contribution in [3.8, 4) is 0 Å². The third kappa shape index (κ3) is 5.91. The van der Waals surface area contributed by atoms with Crippen molar-refractivity contribution < 1.29 is 9.53 Å². The number of hydrogen-bond acceptors (Lipinski definition) is 4. The molecule has 5 nitrogen and oxygen atoms in total. The van der Waals surface area contributed by atoms with E-state index in [1.165, 1.54) is 0 Å². The second-order valence-electron chi connectivity index (χ2n) is 4.40. The van der Waals surface area contributed by atoms with Gasteiger partial charge in [0, 0.05) is 11.4 Å². The molecule has 0 radical (unpaired) electrons. The van der Waals surface area contributed by atoms with Crippen LogP contribution in [-0.2, 0) is 9.53 Å². The molecule has 0 bridgehead atoms. The molecule has 1 rings (SSSR count). The van der Waals surface area contributed by atoms with Crippen LogP contribution >= 0.6 is 12.2 Å². The maximum Gasteiger partial charge on any atom is 0.314 e. The molecule has 21 heavy (non-hydrogen) atoms. The summed E-state index contributed by atoms with van der Waals surface area (Å²) in [5, 5.41) is 7.54. The molecule has 0 saturated carbocycles. The highest BCUT2D eigenvalue weighted by Gasteiger charge is 2.20. The molecule has 114 valence electrons. The molecule has 6 heteroatoms. The number of hydrazone groups is 1. The van der Waals surface area contributed by atoms with Gasteiger partial charge in [0.2, 0.25) is 0 Å². The van der Waals surface area contributed by atoms with E-state index in [-0.39, 0.29) is 11.9 Å². The number of ether oxygens (including phenoxy) is 1. The maximum atomic E-state index is 11.8. The molecule has 2 N–H and O–H groups in total. The monoisotopic (exact) mass is 307 g/mol. The van der Waals surface area contributed by atoms with E-state index in [1.807, 2.05) is 37.3 Å². The lowest BCUT2D eigenvalue weighted by molar-refractivity contribution is -0.145. The summed E-state index contributed by atoms with van der Waals surface area (Å²) in [7, 11) is 0. The molecule has 1 aromatic rings. The molecule has 0 spiro atoms. The van der Waals surface area contributed by atoms with Crippen molar-refractivity contribution in [2.45, 2.75) is 27.2 Å². The van der Waals surface area contributed by atoms with Crippen molar-refractivity contribution in [3.05, 3.63) is 30.3 Å². The summed E-state index contributed by atoms with van der Waals surface area (Å²) in [6.07, 6.45) is 0.634. The zero-order valence-electron chi connectivity index (χ0n) is 12.6. The Morgan fingerprint density at radius 3 is 2.57 bits per heavy atom. The first-order valence-electron chi connectivity index (χ1n) is 6.91. The van der Waals surface area contributed by atoms with Crippen molar-refractivity contribution in [1.29, 1.82) is 0 Å². The fraction of sp³-hybridized carbons (Fsp3) is 0.400. The van der Waals surface area contributed by atoms with Gasteiger partial charge in [-0.2, -0.15) is 5.10 Å². The van der Waals surface area contributed by atoms with Gasteiger partial charge in [-0.1, -0.05) is 25.1 Å². The summed E-state index contributed by atoms with van der Waals surface area (Å²) < 4.78 is 5.02. The summed E-state index contributed by atoms with van der Waals surface area (Å²) in [6, 6.07) is 9.55. The summed E-state index contributed by atoms with van der Waals surface area (Å²) in [5.74, 6) is -0.609. The first kappa shape index (κ1) is 17.1. The number of para-hydroxylation sites is 1. The molecule has 1 atom stereocenters. The normalized spacial score (nSPS) is 12.4. The van der Waals surface area contributed by atoms with Gasteiger partial charge < -0.3 is 10.1 Å². The third-order valence-electron chi connectivity index (χ3n) is 2.85. The van der Waals surface area contributed by atoms with Crippen LogP contribution in [0.1, 0.15) is 27.2 Å². The Morgan fingerprint density at radius 2 is 2.00 bits per heavy atom. The van der Waals surface area contributed by atoms with E-state index in [0.717, 1.165) is 5.69 Å². The van der Waals surface area contributed by atoms with Crippen molar-refractivity contribution in [3.63, 3.8) is 0 Å². The largest absolute Gasteiger partial charge is 0.465 e. The SMILES string of the molecule is CCOC(=O)C(CC)C(C)=NNC(=S)Nc1ccccc1. The zero-order valence-corrected chi connectivity index (χ0v) is 13.4. The van der Waals surface area contributed by atoms with Crippen LogP contribution in [0.25, 0.3) is 0 Å². The summed E-state index contributed by atoms with van der Waals surface area (Å²) in [4.78, 5) is 11.8. The first-order chi connectivity index (χ1) is 10.1. The number of anilines is 1. The lowest BCUT2D eigenvalue weighted by Gasteiger charge is -2.14. The molecular weight excluding hydrogens is 286 g/mol. The number of carbonyl (C=O) groups excluding carboxylic acids is 1. The number of carbonyl (C=O) groups is 1. The average molecular weight is 307 g/mol. The minimum atomic E-state index is -0.350. The molecule has 0 aliphatic heterocycles.